The highest BCUT2D eigenvalue weighted by Crippen LogP contribution is 2.36. The highest BCUT2D eigenvalue weighted by atomic mass is 16.5. The third kappa shape index (κ3) is 2.99. The van der Waals surface area contributed by atoms with Gasteiger partial charge in [0.2, 0.25) is 0 Å². The molecule has 20 heavy (non-hydrogen) atoms. The van der Waals surface area contributed by atoms with Crippen LogP contribution in [-0.4, -0.2) is 29.6 Å². The number of hydrogen-bond acceptors (Lipinski definition) is 3. The summed E-state index contributed by atoms with van der Waals surface area (Å²) >= 11 is 0. The smallest absolute Gasteiger partial charge is 0.119 e. The highest BCUT2D eigenvalue weighted by molar-refractivity contribution is 5.27. The number of fused-ring (bicyclic) bond motifs is 2. The van der Waals surface area contributed by atoms with E-state index in [-0.39, 0.29) is 0 Å². The molecule has 1 aromatic rings. The zero-order valence-electron chi connectivity index (χ0n) is 12.4. The minimum absolute atomic E-state index is 0.425. The lowest BCUT2D eigenvalue weighted by molar-refractivity contribution is 0.120. The SMILES string of the molecule is CCCOc1ccc(CN2C3CCC2CC(N)C3)cc1. The van der Waals surface area contributed by atoms with Gasteiger partial charge in [-0.3, -0.25) is 4.90 Å². The van der Waals surface area contributed by atoms with E-state index in [9.17, 15) is 0 Å². The van der Waals surface area contributed by atoms with Crippen LogP contribution in [0.3, 0.4) is 0 Å². The van der Waals surface area contributed by atoms with Gasteiger partial charge in [0.1, 0.15) is 5.75 Å². The van der Waals surface area contributed by atoms with Gasteiger partial charge in [-0.1, -0.05) is 19.1 Å². The fraction of sp³-hybridized carbons (Fsp3) is 0.647. The number of benzene rings is 1. The zero-order chi connectivity index (χ0) is 13.9. The molecular weight excluding hydrogens is 248 g/mol. The molecule has 3 heteroatoms. The lowest BCUT2D eigenvalue weighted by Gasteiger charge is -2.37. The van der Waals surface area contributed by atoms with Crippen LogP contribution < -0.4 is 10.5 Å². The van der Waals surface area contributed by atoms with Gasteiger partial charge >= 0.3 is 0 Å². The van der Waals surface area contributed by atoms with Gasteiger partial charge in [-0.25, -0.2) is 0 Å². The van der Waals surface area contributed by atoms with Crippen molar-refractivity contribution in [1.29, 1.82) is 0 Å². The summed E-state index contributed by atoms with van der Waals surface area (Å²) < 4.78 is 5.64. The average molecular weight is 274 g/mol. The Labute approximate surface area is 122 Å². The molecule has 2 unspecified atom stereocenters. The number of piperidine rings is 1. The molecule has 0 saturated carbocycles. The monoisotopic (exact) mass is 274 g/mol. The molecule has 2 bridgehead atoms. The van der Waals surface area contributed by atoms with Gasteiger partial charge in [-0.2, -0.15) is 0 Å². The molecule has 2 N–H and O–H groups in total. The maximum Gasteiger partial charge on any atom is 0.119 e. The molecule has 2 aliphatic heterocycles. The van der Waals surface area contributed by atoms with Crippen LogP contribution in [0.15, 0.2) is 24.3 Å². The number of nitrogens with zero attached hydrogens (tertiary/aromatic N) is 1. The second-order valence-corrected chi connectivity index (χ2v) is 6.28. The molecule has 0 amide bonds. The third-order valence-electron chi connectivity index (χ3n) is 4.68. The van der Waals surface area contributed by atoms with Crippen LogP contribution in [0.5, 0.6) is 5.75 Å². The summed E-state index contributed by atoms with van der Waals surface area (Å²) in [5.74, 6) is 0.985. The minimum atomic E-state index is 0.425. The fourth-order valence-corrected chi connectivity index (χ4v) is 3.70. The van der Waals surface area contributed by atoms with Crippen molar-refractivity contribution in [1.82, 2.24) is 4.90 Å². The first kappa shape index (κ1) is 13.9. The van der Waals surface area contributed by atoms with E-state index in [1.165, 1.54) is 31.2 Å². The third-order valence-corrected chi connectivity index (χ3v) is 4.68. The Hall–Kier alpha value is -1.06. The Morgan fingerprint density at radius 1 is 1.15 bits per heavy atom. The Morgan fingerprint density at radius 2 is 1.80 bits per heavy atom. The van der Waals surface area contributed by atoms with Crippen LogP contribution in [0.4, 0.5) is 0 Å². The Morgan fingerprint density at radius 3 is 2.40 bits per heavy atom. The number of rotatable bonds is 5. The van der Waals surface area contributed by atoms with E-state index in [1.807, 2.05) is 0 Å². The van der Waals surface area contributed by atoms with Gasteiger partial charge in [0.25, 0.3) is 0 Å². The van der Waals surface area contributed by atoms with E-state index in [4.69, 9.17) is 10.5 Å². The Bertz CT molecular complexity index is 417. The largest absolute Gasteiger partial charge is 0.494 e. The van der Waals surface area contributed by atoms with Gasteiger partial charge in [0.15, 0.2) is 0 Å². The molecule has 3 nitrogen and oxygen atoms in total. The van der Waals surface area contributed by atoms with E-state index in [0.717, 1.165) is 25.3 Å². The van der Waals surface area contributed by atoms with E-state index in [0.29, 0.717) is 18.1 Å². The van der Waals surface area contributed by atoms with Crippen molar-refractivity contribution >= 4 is 0 Å². The van der Waals surface area contributed by atoms with Crippen LogP contribution in [-0.2, 0) is 6.54 Å². The first-order valence-electron chi connectivity index (χ1n) is 7.99. The molecule has 0 spiro atoms. The second kappa shape index (κ2) is 6.15. The first-order chi connectivity index (χ1) is 9.76. The molecule has 2 atom stereocenters. The van der Waals surface area contributed by atoms with E-state index in [1.54, 1.807) is 0 Å². The van der Waals surface area contributed by atoms with Crippen LogP contribution in [0.1, 0.15) is 44.6 Å². The van der Waals surface area contributed by atoms with E-state index in [2.05, 4.69) is 36.1 Å². The fourth-order valence-electron chi connectivity index (χ4n) is 3.70. The predicted octanol–water partition coefficient (Wildman–Crippen LogP) is 2.93. The van der Waals surface area contributed by atoms with Crippen molar-refractivity contribution in [3.63, 3.8) is 0 Å². The molecule has 1 aromatic carbocycles. The zero-order valence-corrected chi connectivity index (χ0v) is 12.4. The number of ether oxygens (including phenoxy) is 1. The maximum absolute atomic E-state index is 6.13. The molecule has 2 saturated heterocycles. The predicted molar refractivity (Wildman–Crippen MR) is 81.8 cm³/mol. The van der Waals surface area contributed by atoms with Gasteiger partial charge in [0, 0.05) is 24.7 Å². The highest BCUT2D eigenvalue weighted by Gasteiger charge is 2.39. The summed E-state index contributed by atoms with van der Waals surface area (Å²) in [7, 11) is 0. The molecule has 110 valence electrons. The molecular formula is C17H26N2O. The van der Waals surface area contributed by atoms with Gasteiger partial charge in [-0.15, -0.1) is 0 Å². The molecule has 0 aliphatic carbocycles. The van der Waals surface area contributed by atoms with Gasteiger partial charge in [-0.05, 0) is 49.8 Å². The molecule has 0 aromatic heterocycles. The molecule has 2 fully saturated rings. The van der Waals surface area contributed by atoms with Crippen molar-refractivity contribution < 1.29 is 4.74 Å². The summed E-state index contributed by atoms with van der Waals surface area (Å²) in [6.45, 7) is 3.99. The topological polar surface area (TPSA) is 38.5 Å². The lowest BCUT2D eigenvalue weighted by atomic mass is 9.97. The average Bonchev–Trinajstić information content (AvgIpc) is 2.70. The van der Waals surface area contributed by atoms with Crippen molar-refractivity contribution in [2.24, 2.45) is 5.73 Å². The molecule has 3 rings (SSSR count). The first-order valence-corrected chi connectivity index (χ1v) is 7.99. The normalized spacial score (nSPS) is 29.6. The van der Waals surface area contributed by atoms with Crippen molar-refractivity contribution in [3.05, 3.63) is 29.8 Å². The minimum Gasteiger partial charge on any atom is -0.494 e. The standard InChI is InChI=1S/C17H26N2O/c1-2-9-20-17-7-3-13(4-8-17)12-19-15-5-6-16(19)11-14(18)10-15/h3-4,7-8,14-16H,2,5-6,9-12,18H2,1H3. The van der Waals surface area contributed by atoms with Gasteiger partial charge < -0.3 is 10.5 Å². The van der Waals surface area contributed by atoms with Crippen LogP contribution in [0.25, 0.3) is 0 Å². The summed E-state index contributed by atoms with van der Waals surface area (Å²) in [6, 6.07) is 10.5. The lowest BCUT2D eigenvalue weighted by Crippen LogP contribution is -2.46. The maximum atomic E-state index is 6.13. The van der Waals surface area contributed by atoms with Gasteiger partial charge in [0.05, 0.1) is 6.61 Å². The molecule has 2 heterocycles. The Balaban J connectivity index is 1.61. The van der Waals surface area contributed by atoms with E-state index < -0.39 is 0 Å². The second-order valence-electron chi connectivity index (χ2n) is 6.28. The number of nitrogens with two attached hydrogens (primary N) is 1. The van der Waals surface area contributed by atoms with E-state index >= 15 is 0 Å². The number of hydrogen-bond donors (Lipinski definition) is 1. The van der Waals surface area contributed by atoms with Crippen molar-refractivity contribution in [3.8, 4) is 5.75 Å². The van der Waals surface area contributed by atoms with Crippen molar-refractivity contribution in [2.75, 3.05) is 6.61 Å². The van der Waals surface area contributed by atoms with Crippen LogP contribution in [0, 0.1) is 0 Å². The summed E-state index contributed by atoms with van der Waals surface area (Å²) in [4.78, 5) is 2.67. The van der Waals surface area contributed by atoms with Crippen LogP contribution >= 0.6 is 0 Å². The summed E-state index contributed by atoms with van der Waals surface area (Å²) in [6.07, 6.45) is 6.06. The van der Waals surface area contributed by atoms with Crippen molar-refractivity contribution in [2.45, 2.75) is 63.7 Å². The summed E-state index contributed by atoms with van der Waals surface area (Å²) in [5.41, 5.74) is 7.52. The molecule has 0 radical (unpaired) electrons. The van der Waals surface area contributed by atoms with Crippen LogP contribution in [0.2, 0.25) is 0 Å². The Kier molecular flexibility index (Phi) is 4.27. The quantitative estimate of drug-likeness (QED) is 0.897. The summed E-state index contributed by atoms with van der Waals surface area (Å²) in [5, 5.41) is 0. The molecule has 2 aliphatic rings.